The molecule has 5 rings (SSSR count). The van der Waals surface area contributed by atoms with E-state index in [0.29, 0.717) is 53.9 Å². The molecule has 2 aliphatic rings. The van der Waals surface area contributed by atoms with E-state index in [1.807, 2.05) is 38.1 Å². The maximum Gasteiger partial charge on any atom is 0.300 e. The van der Waals surface area contributed by atoms with Crippen LogP contribution < -0.4 is 24.0 Å². The molecular weight excluding hydrogens is 472 g/mol. The van der Waals surface area contributed by atoms with Gasteiger partial charge in [0.25, 0.3) is 11.7 Å². The van der Waals surface area contributed by atoms with E-state index in [-0.39, 0.29) is 11.3 Å². The van der Waals surface area contributed by atoms with Gasteiger partial charge in [-0.1, -0.05) is 12.1 Å². The summed E-state index contributed by atoms with van der Waals surface area (Å²) in [5.74, 6) is -0.0424. The Morgan fingerprint density at radius 3 is 2.30 bits per heavy atom. The second-order valence-corrected chi connectivity index (χ2v) is 8.94. The molecule has 8 nitrogen and oxygen atoms in total. The number of ketones is 1. The first-order valence-electron chi connectivity index (χ1n) is 12.1. The number of aliphatic hydroxyl groups is 1. The summed E-state index contributed by atoms with van der Waals surface area (Å²) in [6.07, 6.45) is 0. The van der Waals surface area contributed by atoms with Crippen LogP contribution in [0.3, 0.4) is 0 Å². The van der Waals surface area contributed by atoms with Gasteiger partial charge in [0, 0.05) is 31.0 Å². The van der Waals surface area contributed by atoms with Crippen LogP contribution in [0.25, 0.3) is 5.76 Å². The molecule has 0 spiro atoms. The lowest BCUT2D eigenvalue weighted by atomic mass is 9.95. The standard InChI is InChI=1S/C29H28N2O6/c1-4-35-22-12-5-18(6-13-22)26-25(27(32)19-7-14-23-24(17-19)37-16-15-36-23)28(33)29(34)31(26)21-10-8-20(9-11-21)30(2)3/h5-14,17,26,32H,4,15-16H2,1-3H3/b27-25-. The maximum atomic E-state index is 13.4. The van der Waals surface area contributed by atoms with Crippen LogP contribution in [-0.2, 0) is 9.59 Å². The number of ether oxygens (including phenoxy) is 3. The Balaban J connectivity index is 1.64. The van der Waals surface area contributed by atoms with Gasteiger partial charge >= 0.3 is 0 Å². The van der Waals surface area contributed by atoms with Gasteiger partial charge in [-0.05, 0) is 67.1 Å². The van der Waals surface area contributed by atoms with Crippen molar-refractivity contribution in [1.29, 1.82) is 0 Å². The average molecular weight is 501 g/mol. The zero-order valence-corrected chi connectivity index (χ0v) is 20.9. The van der Waals surface area contributed by atoms with Crippen molar-refractivity contribution in [2.45, 2.75) is 13.0 Å². The lowest BCUT2D eigenvalue weighted by Gasteiger charge is -2.26. The van der Waals surface area contributed by atoms with Crippen LogP contribution in [0.4, 0.5) is 11.4 Å². The first kappa shape index (κ1) is 24.2. The molecule has 0 aromatic heterocycles. The van der Waals surface area contributed by atoms with E-state index in [2.05, 4.69) is 0 Å². The summed E-state index contributed by atoms with van der Waals surface area (Å²) in [6.45, 7) is 3.23. The van der Waals surface area contributed by atoms with E-state index in [1.165, 1.54) is 4.90 Å². The molecule has 0 radical (unpaired) electrons. The number of nitrogens with zero attached hydrogens (tertiary/aromatic N) is 2. The van der Waals surface area contributed by atoms with E-state index < -0.39 is 17.7 Å². The van der Waals surface area contributed by atoms with Crippen molar-refractivity contribution in [2.75, 3.05) is 43.7 Å². The summed E-state index contributed by atoms with van der Waals surface area (Å²) in [6, 6.07) is 18.7. The minimum absolute atomic E-state index is 0.00234. The fraction of sp³-hybridized carbons (Fsp3) is 0.241. The zero-order chi connectivity index (χ0) is 26.1. The number of carbonyl (C=O) groups excluding carboxylic acids is 2. The van der Waals surface area contributed by atoms with Crippen LogP contribution in [0.2, 0.25) is 0 Å². The normalized spacial score (nSPS) is 18.1. The third-order valence-corrected chi connectivity index (χ3v) is 6.41. The molecule has 190 valence electrons. The van der Waals surface area contributed by atoms with E-state index in [0.717, 1.165) is 5.69 Å². The lowest BCUT2D eigenvalue weighted by molar-refractivity contribution is -0.132. The molecule has 1 amide bonds. The van der Waals surface area contributed by atoms with Crippen LogP contribution in [0.5, 0.6) is 17.2 Å². The number of benzene rings is 3. The topological polar surface area (TPSA) is 88.5 Å². The fourth-order valence-corrected chi connectivity index (χ4v) is 4.58. The summed E-state index contributed by atoms with van der Waals surface area (Å²) < 4.78 is 16.8. The number of fused-ring (bicyclic) bond motifs is 1. The monoisotopic (exact) mass is 500 g/mol. The summed E-state index contributed by atoms with van der Waals surface area (Å²) in [5.41, 5.74) is 2.53. The van der Waals surface area contributed by atoms with Gasteiger partial charge in [-0.25, -0.2) is 0 Å². The highest BCUT2D eigenvalue weighted by atomic mass is 16.6. The van der Waals surface area contributed by atoms with Crippen molar-refractivity contribution in [2.24, 2.45) is 0 Å². The van der Waals surface area contributed by atoms with Gasteiger partial charge in [0.05, 0.1) is 18.2 Å². The summed E-state index contributed by atoms with van der Waals surface area (Å²) >= 11 is 0. The van der Waals surface area contributed by atoms with Crippen LogP contribution in [-0.4, -0.2) is 50.7 Å². The lowest BCUT2D eigenvalue weighted by Crippen LogP contribution is -2.29. The van der Waals surface area contributed by atoms with Crippen molar-refractivity contribution >= 4 is 28.8 Å². The number of hydrogen-bond donors (Lipinski definition) is 1. The molecule has 3 aromatic rings. The van der Waals surface area contributed by atoms with Crippen LogP contribution >= 0.6 is 0 Å². The van der Waals surface area contributed by atoms with Crippen molar-refractivity contribution in [3.8, 4) is 17.2 Å². The maximum absolute atomic E-state index is 13.4. The molecule has 37 heavy (non-hydrogen) atoms. The summed E-state index contributed by atoms with van der Waals surface area (Å²) in [7, 11) is 3.85. The zero-order valence-electron chi connectivity index (χ0n) is 20.9. The molecule has 8 heteroatoms. The number of anilines is 2. The highest BCUT2D eigenvalue weighted by molar-refractivity contribution is 6.51. The minimum atomic E-state index is -0.839. The van der Waals surface area contributed by atoms with Gasteiger partial charge in [-0.15, -0.1) is 0 Å². The summed E-state index contributed by atoms with van der Waals surface area (Å²) in [4.78, 5) is 30.2. The van der Waals surface area contributed by atoms with E-state index in [4.69, 9.17) is 14.2 Å². The Hall–Kier alpha value is -4.46. The van der Waals surface area contributed by atoms with E-state index in [9.17, 15) is 14.7 Å². The quantitative estimate of drug-likeness (QED) is 0.302. The molecule has 1 saturated heterocycles. The number of hydrogen-bond acceptors (Lipinski definition) is 7. The van der Waals surface area contributed by atoms with Crippen LogP contribution in [0.15, 0.2) is 72.3 Å². The molecule has 0 bridgehead atoms. The Labute approximate surface area is 215 Å². The minimum Gasteiger partial charge on any atom is -0.507 e. The molecule has 2 aliphatic heterocycles. The van der Waals surface area contributed by atoms with Gasteiger partial charge < -0.3 is 24.2 Å². The van der Waals surface area contributed by atoms with Crippen molar-refractivity contribution in [3.05, 3.63) is 83.4 Å². The molecule has 1 atom stereocenters. The fourth-order valence-electron chi connectivity index (χ4n) is 4.58. The molecule has 0 saturated carbocycles. The van der Waals surface area contributed by atoms with Crippen molar-refractivity contribution in [1.82, 2.24) is 0 Å². The second kappa shape index (κ2) is 9.89. The second-order valence-electron chi connectivity index (χ2n) is 8.94. The van der Waals surface area contributed by atoms with Gasteiger partial charge in [-0.3, -0.25) is 14.5 Å². The van der Waals surface area contributed by atoms with Crippen LogP contribution in [0, 0.1) is 0 Å². The summed E-state index contributed by atoms with van der Waals surface area (Å²) in [5, 5.41) is 11.4. The van der Waals surface area contributed by atoms with E-state index >= 15 is 0 Å². The number of amides is 1. The van der Waals surface area contributed by atoms with Crippen molar-refractivity contribution < 1.29 is 28.9 Å². The van der Waals surface area contributed by atoms with Gasteiger partial charge in [-0.2, -0.15) is 0 Å². The Morgan fingerprint density at radius 2 is 1.65 bits per heavy atom. The highest BCUT2D eigenvalue weighted by Crippen LogP contribution is 2.43. The Bertz CT molecular complexity index is 1360. The van der Waals surface area contributed by atoms with Gasteiger partial charge in [0.15, 0.2) is 11.5 Å². The molecule has 1 unspecified atom stereocenters. The molecule has 3 aromatic carbocycles. The third kappa shape index (κ3) is 4.46. The Morgan fingerprint density at radius 1 is 0.973 bits per heavy atom. The van der Waals surface area contributed by atoms with Crippen molar-refractivity contribution in [3.63, 3.8) is 0 Å². The molecule has 0 aliphatic carbocycles. The number of aliphatic hydroxyl groups excluding tert-OH is 1. The first-order valence-corrected chi connectivity index (χ1v) is 12.1. The highest BCUT2D eigenvalue weighted by Gasteiger charge is 2.47. The number of Topliss-reactive ketones (excluding diaryl/α,β-unsaturated/α-hetero) is 1. The predicted octanol–water partition coefficient (Wildman–Crippen LogP) is 4.55. The third-order valence-electron chi connectivity index (χ3n) is 6.41. The molecule has 1 fully saturated rings. The average Bonchev–Trinajstić information content (AvgIpc) is 3.18. The van der Waals surface area contributed by atoms with E-state index in [1.54, 1.807) is 54.6 Å². The molecule has 1 N–H and O–H groups in total. The smallest absolute Gasteiger partial charge is 0.300 e. The Kier molecular flexibility index (Phi) is 6.48. The predicted molar refractivity (Wildman–Crippen MR) is 141 cm³/mol. The SMILES string of the molecule is CCOc1ccc(C2/C(=C(/O)c3ccc4c(c3)OCCO4)C(=O)C(=O)N2c2ccc(N(C)C)cc2)cc1. The first-order chi connectivity index (χ1) is 17.9. The number of carbonyl (C=O) groups is 2. The molecular formula is C29H28N2O6. The largest absolute Gasteiger partial charge is 0.507 e. The van der Waals surface area contributed by atoms with Gasteiger partial charge in [0.2, 0.25) is 0 Å². The molecule has 2 heterocycles. The number of rotatable bonds is 6. The van der Waals surface area contributed by atoms with Crippen LogP contribution in [0.1, 0.15) is 24.1 Å². The van der Waals surface area contributed by atoms with Gasteiger partial charge in [0.1, 0.15) is 24.7 Å².